The first-order chi connectivity index (χ1) is 34.7. The van der Waals surface area contributed by atoms with Gasteiger partial charge in [0.25, 0.3) is 11.1 Å². The van der Waals surface area contributed by atoms with E-state index in [1.807, 2.05) is 53.4 Å². The van der Waals surface area contributed by atoms with Crippen LogP contribution in [-0.4, -0.2) is 94.8 Å². The molecule has 6 N–H and O–H groups in total. The number of Topliss-reactive ketones (excluding diaryl/α,β-unsaturated/α-hetero) is 1. The number of carbonyl (C=O) groups excluding carboxylic acids is 2. The lowest BCUT2D eigenvalue weighted by atomic mass is 10.0. The number of fused-ring (bicyclic) bond motifs is 2. The minimum absolute atomic E-state index is 0.0131. The molecule has 0 spiro atoms. The normalized spacial score (nSPS) is 18.7. The van der Waals surface area contributed by atoms with E-state index in [0.29, 0.717) is 102 Å². The molecular formula is C53H71F2N9O9. The number of nitrogens with one attached hydrogen (secondary N) is 2. The van der Waals surface area contributed by atoms with Crippen molar-refractivity contribution in [2.75, 3.05) is 55.7 Å². The van der Waals surface area contributed by atoms with E-state index in [9.17, 15) is 24.0 Å². The molecule has 4 fully saturated rings. The van der Waals surface area contributed by atoms with Crippen molar-refractivity contribution in [3.63, 3.8) is 0 Å². The number of alkyl carbamates (subject to hydrolysis) is 1. The molecule has 73 heavy (non-hydrogen) atoms. The summed E-state index contributed by atoms with van der Waals surface area (Å²) >= 11 is 0. The van der Waals surface area contributed by atoms with Crippen LogP contribution in [0.1, 0.15) is 122 Å². The molecule has 2 saturated heterocycles. The minimum atomic E-state index is -0.599. The number of aromatic amines is 1. The molecule has 2 aliphatic heterocycles. The van der Waals surface area contributed by atoms with Gasteiger partial charge in [0.05, 0.1) is 42.2 Å². The van der Waals surface area contributed by atoms with Crippen LogP contribution in [0.5, 0.6) is 11.5 Å². The fourth-order valence-electron chi connectivity index (χ4n) is 10.4. The van der Waals surface area contributed by atoms with E-state index in [-0.39, 0.29) is 78.4 Å². The number of ketones is 1. The van der Waals surface area contributed by atoms with E-state index in [1.165, 1.54) is 24.3 Å². The highest BCUT2D eigenvalue weighted by Gasteiger charge is 2.35. The largest absolute Gasteiger partial charge is 0.493 e. The first-order valence-electron chi connectivity index (χ1n) is 25.8. The van der Waals surface area contributed by atoms with Gasteiger partial charge in [-0.1, -0.05) is 0 Å². The van der Waals surface area contributed by atoms with Crippen LogP contribution in [0, 0.1) is 37.3 Å². The van der Waals surface area contributed by atoms with Gasteiger partial charge in [-0.3, -0.25) is 14.4 Å². The maximum Gasteiger partial charge on any atom is 0.434 e. The molecule has 18 nitrogen and oxygen atoms in total. The molecule has 0 radical (unpaired) electrons. The van der Waals surface area contributed by atoms with Gasteiger partial charge < -0.3 is 54.3 Å². The Morgan fingerprint density at radius 2 is 1.32 bits per heavy atom. The van der Waals surface area contributed by atoms with Crippen LogP contribution in [0.25, 0.3) is 21.8 Å². The Kier molecular flexibility index (Phi) is 16.0. The summed E-state index contributed by atoms with van der Waals surface area (Å²) in [4.78, 5) is 65.2. The highest BCUT2D eigenvalue weighted by atomic mass is 19.1. The average Bonchev–Trinajstić information content (AvgIpc) is 4.19. The predicted octanol–water partition coefficient (Wildman–Crippen LogP) is 6.86. The Balaban J connectivity index is 0.000000196. The zero-order valence-electron chi connectivity index (χ0n) is 43.1. The summed E-state index contributed by atoms with van der Waals surface area (Å²) in [7, 11) is 0. The van der Waals surface area contributed by atoms with Crippen LogP contribution < -0.4 is 52.9 Å². The summed E-state index contributed by atoms with van der Waals surface area (Å²) in [6, 6.07) is 5.98. The zero-order chi connectivity index (χ0) is 52.5. The van der Waals surface area contributed by atoms with E-state index < -0.39 is 17.5 Å². The quantitative estimate of drug-likeness (QED) is 0.0657. The number of aryl methyl sites for hydroxylation is 3. The molecule has 1 amide bonds. The van der Waals surface area contributed by atoms with Crippen molar-refractivity contribution in [3.8, 4) is 11.5 Å². The van der Waals surface area contributed by atoms with Gasteiger partial charge in [0.1, 0.15) is 34.5 Å². The number of aromatic nitrogens is 4. The summed E-state index contributed by atoms with van der Waals surface area (Å²) in [6.45, 7) is 16.3. The van der Waals surface area contributed by atoms with Crippen LogP contribution in [0.15, 0.2) is 43.1 Å². The van der Waals surface area contributed by atoms with Gasteiger partial charge in [-0.15, -0.1) is 5.10 Å². The lowest BCUT2D eigenvalue weighted by Crippen LogP contribution is -2.42. The highest BCUT2D eigenvalue weighted by molar-refractivity contribution is 5.93. The van der Waals surface area contributed by atoms with Crippen LogP contribution in [0.3, 0.4) is 0 Å². The van der Waals surface area contributed by atoms with Gasteiger partial charge >= 0.3 is 11.8 Å². The number of anilines is 2. The Labute approximate surface area is 422 Å². The number of nitrogens with zero attached hydrogens (tertiary/aromatic N) is 5. The smallest absolute Gasteiger partial charge is 0.434 e. The van der Waals surface area contributed by atoms with Crippen molar-refractivity contribution in [3.05, 3.63) is 84.2 Å². The second-order valence-electron chi connectivity index (χ2n) is 21.3. The third kappa shape index (κ3) is 12.2. The molecule has 5 aromatic rings. The third-order valence-electron chi connectivity index (χ3n) is 14.4. The number of amides is 1. The van der Waals surface area contributed by atoms with Crippen molar-refractivity contribution < 1.29 is 37.0 Å². The highest BCUT2D eigenvalue weighted by Crippen LogP contribution is 2.44. The molecule has 3 aromatic heterocycles. The molecule has 396 valence electrons. The van der Waals surface area contributed by atoms with Crippen LogP contribution in [-0.2, 0) is 16.0 Å². The number of carbonyl (C=O) groups is 2. The van der Waals surface area contributed by atoms with Crippen molar-refractivity contribution in [1.82, 2.24) is 24.6 Å². The van der Waals surface area contributed by atoms with Crippen LogP contribution >= 0.6 is 0 Å². The van der Waals surface area contributed by atoms with Gasteiger partial charge in [0.2, 0.25) is 5.89 Å². The van der Waals surface area contributed by atoms with Gasteiger partial charge in [-0.2, -0.15) is 0 Å². The Morgan fingerprint density at radius 3 is 1.77 bits per heavy atom. The number of pyridine rings is 2. The van der Waals surface area contributed by atoms with Gasteiger partial charge in [-0.05, 0) is 135 Å². The monoisotopic (exact) mass is 1020 g/mol. The third-order valence-corrected chi connectivity index (χ3v) is 14.4. The molecule has 5 heterocycles. The SMILES string of the molecule is Cc1c(N2CC[C@@H]([C@H](C)N)C2)c(F)cc2c(OCCCc3n[nH]c(=O)o3)cc(=O)n(C3CC3)c12.Cc1c(N2CC[C@@H]([C@H](C)NC(=O)OC(C)(C)C)C2)c(F)cc2c(OCCCC(=O)CN)cc(=O)n(C3CC3)c12. The Hall–Kier alpha value is -6.28. The molecule has 4 atom stereocenters. The van der Waals surface area contributed by atoms with Crippen molar-refractivity contribution >= 4 is 45.1 Å². The second kappa shape index (κ2) is 22.1. The van der Waals surface area contributed by atoms with Crippen molar-refractivity contribution in [2.24, 2.45) is 23.3 Å². The van der Waals surface area contributed by atoms with E-state index in [0.717, 1.165) is 56.1 Å². The number of rotatable bonds is 18. The fourth-order valence-corrected chi connectivity index (χ4v) is 10.4. The first kappa shape index (κ1) is 53.0. The van der Waals surface area contributed by atoms with Crippen molar-refractivity contribution in [2.45, 2.75) is 142 Å². The maximum absolute atomic E-state index is 15.8. The van der Waals surface area contributed by atoms with Crippen molar-refractivity contribution in [1.29, 1.82) is 0 Å². The lowest BCUT2D eigenvalue weighted by molar-refractivity contribution is -0.117. The van der Waals surface area contributed by atoms with Crippen LogP contribution in [0.2, 0.25) is 0 Å². The summed E-state index contributed by atoms with van der Waals surface area (Å²) in [6.07, 6.45) is 6.61. The predicted molar refractivity (Wildman–Crippen MR) is 275 cm³/mol. The van der Waals surface area contributed by atoms with E-state index in [1.54, 1.807) is 9.13 Å². The summed E-state index contributed by atoms with van der Waals surface area (Å²) in [5.41, 5.74) is 14.5. The molecule has 2 aliphatic carbocycles. The standard InChI is InChI=1S/C29H41FN4O5.C24H30FN5O4/c1-17-26-22(24(38-12-6-7-21(35)15-31)14-25(36)34(26)20-8-9-20)13-23(30)27(17)33-11-10-19(16-33)18(2)32-28(37)39-29(3,4)5;1-13-22-17(10-18(25)23(13)29-8-7-15(12-29)14(2)26)19(11-21(31)30(22)16-5-6-16)33-9-3-4-20-27-28-24(32)34-20/h13-14,18-20H,6-12,15-16,31H2,1-5H3,(H,32,37);10-11,14-16H,3-9,12,26H2,1-2H3,(H,28,32)/t18-,19+;14-,15+/m00/s1. The molecule has 2 saturated carbocycles. The van der Waals surface area contributed by atoms with Gasteiger partial charge in [0.15, 0.2) is 0 Å². The number of benzene rings is 2. The van der Waals surface area contributed by atoms with Crippen LogP contribution in [0.4, 0.5) is 25.0 Å². The first-order valence-corrected chi connectivity index (χ1v) is 25.8. The molecule has 0 bridgehead atoms. The summed E-state index contributed by atoms with van der Waals surface area (Å²) < 4.78 is 57.0. The van der Waals surface area contributed by atoms with E-state index in [4.69, 9.17) is 30.1 Å². The Bertz CT molecular complexity index is 3020. The number of nitrogens with two attached hydrogens (primary N) is 2. The summed E-state index contributed by atoms with van der Waals surface area (Å²) in [5, 5.41) is 10.1. The fraction of sp³-hybridized carbons (Fsp3) is 0.585. The number of halogens is 2. The average molecular weight is 1020 g/mol. The van der Waals surface area contributed by atoms with E-state index in [2.05, 4.69) is 20.4 Å². The second-order valence-corrected chi connectivity index (χ2v) is 21.3. The number of ether oxygens (including phenoxy) is 3. The maximum atomic E-state index is 15.8. The number of hydrogen-bond donors (Lipinski definition) is 4. The molecule has 20 heteroatoms. The molecule has 9 rings (SSSR count). The Morgan fingerprint density at radius 1 is 0.808 bits per heavy atom. The number of H-pyrrole nitrogens is 1. The lowest BCUT2D eigenvalue weighted by Gasteiger charge is -2.27. The molecule has 2 aromatic carbocycles. The summed E-state index contributed by atoms with van der Waals surface area (Å²) in [5.74, 6) is 0.0642. The van der Waals surface area contributed by atoms with Gasteiger partial charge in [-0.25, -0.2) is 23.5 Å². The molecular weight excluding hydrogens is 945 g/mol. The van der Waals surface area contributed by atoms with Gasteiger partial charge in [0, 0.05) is 86.1 Å². The zero-order valence-corrected chi connectivity index (χ0v) is 43.1. The number of hydrogen-bond acceptors (Lipinski definition) is 14. The minimum Gasteiger partial charge on any atom is -0.493 e. The molecule has 4 aliphatic rings. The molecule has 0 unspecified atom stereocenters. The topological polar surface area (TPSA) is 235 Å². The van der Waals surface area contributed by atoms with E-state index >= 15 is 8.78 Å².